The molecule has 5 rings (SSSR count). The maximum Gasteiger partial charge on any atom is 0.258 e. The van der Waals surface area contributed by atoms with Crippen LogP contribution in [-0.2, 0) is 6.54 Å². The number of ether oxygens (including phenoxy) is 1. The number of benzene rings is 1. The van der Waals surface area contributed by atoms with E-state index in [2.05, 4.69) is 14.9 Å². The molecule has 0 radical (unpaired) electrons. The zero-order chi connectivity index (χ0) is 21.9. The minimum absolute atomic E-state index is 0.00829. The van der Waals surface area contributed by atoms with E-state index >= 15 is 0 Å². The summed E-state index contributed by atoms with van der Waals surface area (Å²) in [6.07, 6.45) is 5.07. The van der Waals surface area contributed by atoms with Crippen LogP contribution in [0.4, 0.5) is 0 Å². The summed E-state index contributed by atoms with van der Waals surface area (Å²) in [5, 5.41) is 1.86. The monoisotopic (exact) mass is 447 g/mol. The van der Waals surface area contributed by atoms with Crippen LogP contribution in [0.25, 0.3) is 4.96 Å². The summed E-state index contributed by atoms with van der Waals surface area (Å²) in [6.45, 7) is 3.34. The van der Waals surface area contributed by atoms with Gasteiger partial charge in [0.05, 0.1) is 11.9 Å². The van der Waals surface area contributed by atoms with Gasteiger partial charge in [-0.05, 0) is 36.4 Å². The van der Waals surface area contributed by atoms with Crippen LogP contribution >= 0.6 is 11.3 Å². The van der Waals surface area contributed by atoms with Crippen molar-refractivity contribution in [3.8, 4) is 11.5 Å². The minimum Gasteiger partial charge on any atom is -0.456 e. The normalized spacial score (nSPS) is 14.6. The van der Waals surface area contributed by atoms with E-state index in [1.54, 1.807) is 53.3 Å². The Morgan fingerprint density at radius 3 is 2.62 bits per heavy atom. The molecule has 0 spiro atoms. The van der Waals surface area contributed by atoms with Gasteiger partial charge in [-0.3, -0.25) is 23.9 Å². The molecule has 0 aliphatic carbocycles. The van der Waals surface area contributed by atoms with Crippen molar-refractivity contribution in [2.24, 2.45) is 0 Å². The number of thiazole rings is 1. The second-order valence-electron chi connectivity index (χ2n) is 7.52. The smallest absolute Gasteiger partial charge is 0.258 e. The van der Waals surface area contributed by atoms with Gasteiger partial charge in [-0.25, -0.2) is 4.98 Å². The summed E-state index contributed by atoms with van der Waals surface area (Å²) >= 11 is 1.45. The predicted molar refractivity (Wildman–Crippen MR) is 121 cm³/mol. The summed E-state index contributed by atoms with van der Waals surface area (Å²) in [5.74, 6) is 1.32. The van der Waals surface area contributed by atoms with Crippen molar-refractivity contribution in [2.45, 2.75) is 6.54 Å². The highest BCUT2D eigenvalue weighted by Gasteiger charge is 2.22. The van der Waals surface area contributed by atoms with E-state index in [1.807, 2.05) is 22.4 Å². The highest BCUT2D eigenvalue weighted by Crippen LogP contribution is 2.21. The topological polar surface area (TPSA) is 80.0 Å². The first-order valence-electron chi connectivity index (χ1n) is 10.3. The highest BCUT2D eigenvalue weighted by atomic mass is 32.1. The fourth-order valence-corrected chi connectivity index (χ4v) is 4.44. The Morgan fingerprint density at radius 2 is 1.88 bits per heavy atom. The number of pyridine rings is 1. The maximum absolute atomic E-state index is 12.9. The molecule has 1 fully saturated rings. The highest BCUT2D eigenvalue weighted by molar-refractivity contribution is 7.15. The molecule has 8 nitrogen and oxygen atoms in total. The Hall–Kier alpha value is -3.56. The Bertz CT molecular complexity index is 1280. The van der Waals surface area contributed by atoms with E-state index < -0.39 is 0 Å². The Labute approximate surface area is 188 Å². The lowest BCUT2D eigenvalue weighted by Crippen LogP contribution is -2.48. The van der Waals surface area contributed by atoms with Gasteiger partial charge in [-0.2, -0.15) is 0 Å². The molecule has 0 atom stereocenters. The van der Waals surface area contributed by atoms with Crippen LogP contribution in [0.15, 0.2) is 71.2 Å². The van der Waals surface area contributed by atoms with Gasteiger partial charge in [0.25, 0.3) is 11.5 Å². The number of hydrogen-bond donors (Lipinski definition) is 0. The number of rotatable bonds is 5. The number of nitrogens with zero attached hydrogens (tertiary/aromatic N) is 5. The van der Waals surface area contributed by atoms with Crippen LogP contribution in [0.3, 0.4) is 0 Å². The Morgan fingerprint density at radius 1 is 1.06 bits per heavy atom. The lowest BCUT2D eigenvalue weighted by molar-refractivity contribution is 0.0627. The molecule has 162 valence electrons. The van der Waals surface area contributed by atoms with Crippen LogP contribution in [0.1, 0.15) is 16.1 Å². The predicted octanol–water partition coefficient (Wildman–Crippen LogP) is 2.90. The van der Waals surface area contributed by atoms with Crippen molar-refractivity contribution < 1.29 is 9.53 Å². The summed E-state index contributed by atoms with van der Waals surface area (Å²) < 4.78 is 7.29. The Kier molecular flexibility index (Phi) is 5.66. The second-order valence-corrected chi connectivity index (χ2v) is 8.40. The number of hydrogen-bond acceptors (Lipinski definition) is 7. The fraction of sp³-hybridized carbons (Fsp3) is 0.217. The molecular formula is C23H21N5O3S. The van der Waals surface area contributed by atoms with Gasteiger partial charge in [0.1, 0.15) is 11.5 Å². The van der Waals surface area contributed by atoms with Gasteiger partial charge in [0.2, 0.25) is 0 Å². The third kappa shape index (κ3) is 4.39. The number of carbonyl (C=O) groups is 1. The molecule has 0 N–H and O–H groups in total. The third-order valence-corrected chi connectivity index (χ3v) is 6.13. The quantitative estimate of drug-likeness (QED) is 0.468. The molecule has 3 aromatic heterocycles. The van der Waals surface area contributed by atoms with Crippen molar-refractivity contribution in [2.75, 3.05) is 26.2 Å². The van der Waals surface area contributed by atoms with E-state index in [1.165, 1.54) is 11.3 Å². The van der Waals surface area contributed by atoms with Crippen LogP contribution in [0, 0.1) is 0 Å². The molecule has 0 bridgehead atoms. The average molecular weight is 448 g/mol. The summed E-state index contributed by atoms with van der Waals surface area (Å²) in [7, 11) is 0. The van der Waals surface area contributed by atoms with E-state index in [9.17, 15) is 9.59 Å². The molecule has 1 aliphatic rings. The van der Waals surface area contributed by atoms with E-state index in [-0.39, 0.29) is 11.5 Å². The fourth-order valence-electron chi connectivity index (χ4n) is 3.70. The SMILES string of the molecule is O=C(c1ccc(Oc2cccnc2)cc1)N1CCN(Cc2cc(=O)n3ccsc3n2)CC1. The molecule has 9 heteroatoms. The number of aromatic nitrogens is 3. The van der Waals surface area contributed by atoms with Gasteiger partial charge in [0, 0.05) is 62.1 Å². The van der Waals surface area contributed by atoms with Gasteiger partial charge < -0.3 is 9.64 Å². The summed E-state index contributed by atoms with van der Waals surface area (Å²) in [5.41, 5.74) is 1.34. The first kappa shape index (κ1) is 20.3. The first-order chi connectivity index (χ1) is 15.7. The molecule has 0 unspecified atom stereocenters. The van der Waals surface area contributed by atoms with Gasteiger partial charge in [0.15, 0.2) is 4.96 Å². The number of piperazine rings is 1. The van der Waals surface area contributed by atoms with Gasteiger partial charge in [-0.15, -0.1) is 11.3 Å². The van der Waals surface area contributed by atoms with Crippen molar-refractivity contribution in [3.05, 3.63) is 88.0 Å². The molecule has 1 aromatic carbocycles. The van der Waals surface area contributed by atoms with Gasteiger partial charge >= 0.3 is 0 Å². The lowest BCUT2D eigenvalue weighted by atomic mass is 10.1. The van der Waals surface area contributed by atoms with E-state index in [0.29, 0.717) is 41.7 Å². The largest absolute Gasteiger partial charge is 0.456 e. The van der Waals surface area contributed by atoms with Crippen molar-refractivity contribution >= 4 is 22.2 Å². The molecular weight excluding hydrogens is 426 g/mol. The molecule has 4 heterocycles. The van der Waals surface area contributed by atoms with Crippen LogP contribution in [0.5, 0.6) is 11.5 Å². The van der Waals surface area contributed by atoms with Crippen molar-refractivity contribution in [1.82, 2.24) is 24.2 Å². The van der Waals surface area contributed by atoms with Gasteiger partial charge in [-0.1, -0.05) is 0 Å². The molecule has 1 aliphatic heterocycles. The lowest BCUT2D eigenvalue weighted by Gasteiger charge is -2.34. The van der Waals surface area contributed by atoms with E-state index in [4.69, 9.17) is 4.74 Å². The third-order valence-electron chi connectivity index (χ3n) is 5.37. The average Bonchev–Trinajstić information content (AvgIpc) is 3.30. The van der Waals surface area contributed by atoms with Crippen molar-refractivity contribution in [1.29, 1.82) is 0 Å². The summed E-state index contributed by atoms with van der Waals surface area (Å²) in [6, 6.07) is 12.4. The molecule has 4 aromatic rings. The Balaban J connectivity index is 1.17. The number of amides is 1. The van der Waals surface area contributed by atoms with E-state index in [0.717, 1.165) is 18.8 Å². The standard InChI is InChI=1S/C23H21N5O3S/c29-21-14-18(25-23-28(21)12-13-32-23)16-26-8-10-27(11-9-26)22(30)17-3-5-19(6-4-17)31-20-2-1-7-24-15-20/h1-7,12-15H,8-11,16H2. The maximum atomic E-state index is 12.9. The zero-order valence-corrected chi connectivity index (χ0v) is 18.1. The number of carbonyl (C=O) groups excluding carboxylic acids is 1. The molecule has 0 saturated carbocycles. The van der Waals surface area contributed by atoms with Crippen LogP contribution < -0.4 is 10.3 Å². The van der Waals surface area contributed by atoms with Crippen molar-refractivity contribution in [3.63, 3.8) is 0 Å². The molecule has 1 saturated heterocycles. The molecule has 1 amide bonds. The van der Waals surface area contributed by atoms with Crippen LogP contribution in [-0.4, -0.2) is 56.3 Å². The summed E-state index contributed by atoms with van der Waals surface area (Å²) in [4.78, 5) is 38.5. The minimum atomic E-state index is -0.0592. The number of fused-ring (bicyclic) bond motifs is 1. The first-order valence-corrected chi connectivity index (χ1v) is 11.2. The van der Waals surface area contributed by atoms with Crippen LogP contribution in [0.2, 0.25) is 0 Å². The second kappa shape index (κ2) is 8.89. The molecule has 32 heavy (non-hydrogen) atoms. The zero-order valence-electron chi connectivity index (χ0n) is 17.3.